The molecule has 2 aromatic carbocycles. The molecule has 0 aliphatic carbocycles. The Morgan fingerprint density at radius 2 is 1.62 bits per heavy atom. The lowest BCUT2D eigenvalue weighted by Gasteiger charge is -2.16. The topological polar surface area (TPSA) is 63.7 Å². The van der Waals surface area contributed by atoms with E-state index in [1.54, 1.807) is 18.2 Å². The van der Waals surface area contributed by atoms with Crippen molar-refractivity contribution in [3.63, 3.8) is 0 Å². The van der Waals surface area contributed by atoms with Crippen LogP contribution in [0, 0.1) is 0 Å². The number of halogens is 2. The lowest BCUT2D eigenvalue weighted by molar-refractivity contribution is 0.0641. The van der Waals surface area contributed by atoms with E-state index in [0.717, 1.165) is 4.90 Å². The van der Waals surface area contributed by atoms with Crippen molar-refractivity contribution in [2.24, 2.45) is 0 Å². The Kier molecular flexibility index (Phi) is 4.30. The molecule has 0 aromatic heterocycles. The quantitative estimate of drug-likeness (QED) is 0.614. The number of carbonyl (C=O) groups excluding carboxylic acids is 3. The van der Waals surface area contributed by atoms with Gasteiger partial charge in [0.05, 0.1) is 34.8 Å². The van der Waals surface area contributed by atoms with E-state index in [4.69, 9.17) is 27.9 Å². The summed E-state index contributed by atoms with van der Waals surface area (Å²) < 4.78 is 5.23. The molecule has 7 heteroatoms. The van der Waals surface area contributed by atoms with Crippen LogP contribution < -0.4 is 4.74 Å². The second-order valence-corrected chi connectivity index (χ2v) is 6.01. The summed E-state index contributed by atoms with van der Waals surface area (Å²) in [5.74, 6) is -0.451. The van der Waals surface area contributed by atoms with E-state index in [1.165, 1.54) is 19.2 Å². The molecule has 2 amide bonds. The van der Waals surface area contributed by atoms with Gasteiger partial charge in [-0.2, -0.15) is 0 Å². The molecule has 0 unspecified atom stereocenters. The second kappa shape index (κ2) is 6.26. The van der Waals surface area contributed by atoms with Gasteiger partial charge < -0.3 is 4.74 Å². The van der Waals surface area contributed by atoms with Gasteiger partial charge in [-0.25, -0.2) is 0 Å². The molecule has 0 radical (unpaired) electrons. The number of aldehydes is 1. The lowest BCUT2D eigenvalue weighted by Crippen LogP contribution is -2.29. The number of hydrogen-bond donors (Lipinski definition) is 0. The van der Waals surface area contributed by atoms with Crippen molar-refractivity contribution in [3.05, 3.63) is 62.6 Å². The molecular formula is C17H11Cl2NO4. The minimum Gasteiger partial charge on any atom is -0.496 e. The first-order valence-electron chi connectivity index (χ1n) is 6.93. The summed E-state index contributed by atoms with van der Waals surface area (Å²) in [5, 5.41) is 0.415. The van der Waals surface area contributed by atoms with Crippen molar-refractivity contribution >= 4 is 41.3 Å². The van der Waals surface area contributed by atoms with Crippen molar-refractivity contribution in [1.29, 1.82) is 0 Å². The minimum atomic E-state index is -0.466. The van der Waals surface area contributed by atoms with E-state index in [2.05, 4.69) is 0 Å². The van der Waals surface area contributed by atoms with Crippen molar-refractivity contribution < 1.29 is 19.1 Å². The maximum absolute atomic E-state index is 12.5. The normalized spacial score (nSPS) is 13.2. The molecule has 0 saturated heterocycles. The highest BCUT2D eigenvalue weighted by Gasteiger charge is 2.36. The zero-order valence-corrected chi connectivity index (χ0v) is 14.0. The van der Waals surface area contributed by atoms with Gasteiger partial charge in [-0.3, -0.25) is 19.3 Å². The zero-order valence-electron chi connectivity index (χ0n) is 12.5. The van der Waals surface area contributed by atoms with Gasteiger partial charge >= 0.3 is 0 Å². The van der Waals surface area contributed by atoms with Crippen molar-refractivity contribution in [3.8, 4) is 5.75 Å². The first-order chi connectivity index (χ1) is 11.5. The summed E-state index contributed by atoms with van der Waals surface area (Å²) in [5.41, 5.74) is 1.39. The van der Waals surface area contributed by atoms with Crippen molar-refractivity contribution in [2.45, 2.75) is 6.54 Å². The molecule has 3 rings (SSSR count). The highest BCUT2D eigenvalue weighted by Crippen LogP contribution is 2.33. The Balaban J connectivity index is 1.99. The SMILES string of the molecule is COc1ccc(C=O)cc1CN1C(=O)c2cc(Cl)c(Cl)cc2C1=O. The minimum absolute atomic E-state index is 0.0214. The fourth-order valence-electron chi connectivity index (χ4n) is 2.59. The largest absolute Gasteiger partial charge is 0.496 e. The van der Waals surface area contributed by atoms with Crippen LogP contribution in [-0.2, 0) is 6.54 Å². The highest BCUT2D eigenvalue weighted by atomic mass is 35.5. The Morgan fingerprint density at radius 1 is 1.04 bits per heavy atom. The number of ether oxygens (including phenoxy) is 1. The third-order valence-corrected chi connectivity index (χ3v) is 4.50. The molecule has 1 aliphatic rings. The van der Waals surface area contributed by atoms with E-state index < -0.39 is 11.8 Å². The maximum atomic E-state index is 12.5. The van der Waals surface area contributed by atoms with E-state index in [0.29, 0.717) is 23.2 Å². The first-order valence-corrected chi connectivity index (χ1v) is 7.69. The molecule has 5 nitrogen and oxygen atoms in total. The van der Waals surface area contributed by atoms with Crippen LogP contribution in [0.1, 0.15) is 36.6 Å². The summed E-state index contributed by atoms with van der Waals surface area (Å²) in [6.07, 6.45) is 0.685. The lowest BCUT2D eigenvalue weighted by atomic mass is 10.1. The van der Waals surface area contributed by atoms with Gasteiger partial charge in [-0.15, -0.1) is 0 Å². The molecule has 2 aromatic rings. The molecule has 0 spiro atoms. The predicted molar refractivity (Wildman–Crippen MR) is 89.0 cm³/mol. The third kappa shape index (κ3) is 2.66. The van der Waals surface area contributed by atoms with Crippen LogP contribution in [0.25, 0.3) is 0 Å². The molecule has 0 fully saturated rings. The van der Waals surface area contributed by atoms with Gasteiger partial charge in [0.2, 0.25) is 0 Å². The number of methoxy groups -OCH3 is 1. The van der Waals surface area contributed by atoms with Gasteiger partial charge in [-0.05, 0) is 30.3 Å². The summed E-state index contributed by atoms with van der Waals surface area (Å²) in [4.78, 5) is 37.1. The number of benzene rings is 2. The highest BCUT2D eigenvalue weighted by molar-refractivity contribution is 6.43. The van der Waals surface area contributed by atoms with Gasteiger partial charge in [0, 0.05) is 11.1 Å². The maximum Gasteiger partial charge on any atom is 0.261 e. The number of nitrogens with zero attached hydrogens (tertiary/aromatic N) is 1. The number of hydrogen-bond acceptors (Lipinski definition) is 4. The van der Waals surface area contributed by atoms with Gasteiger partial charge in [0.25, 0.3) is 11.8 Å². The van der Waals surface area contributed by atoms with Crippen LogP contribution in [0.3, 0.4) is 0 Å². The van der Waals surface area contributed by atoms with Crippen molar-refractivity contribution in [1.82, 2.24) is 4.90 Å². The van der Waals surface area contributed by atoms with Crippen LogP contribution in [0.4, 0.5) is 0 Å². The van der Waals surface area contributed by atoms with E-state index >= 15 is 0 Å². The van der Waals surface area contributed by atoms with Crippen LogP contribution in [-0.4, -0.2) is 30.1 Å². The van der Waals surface area contributed by atoms with Crippen LogP contribution in [0.15, 0.2) is 30.3 Å². The molecule has 0 bridgehead atoms. The Morgan fingerprint density at radius 3 is 2.12 bits per heavy atom. The monoisotopic (exact) mass is 363 g/mol. The average molecular weight is 364 g/mol. The first kappa shape index (κ1) is 16.5. The molecule has 24 heavy (non-hydrogen) atoms. The summed E-state index contributed by atoms with van der Waals surface area (Å²) in [6, 6.07) is 7.56. The Labute approximate surface area is 147 Å². The van der Waals surface area contributed by atoms with Crippen LogP contribution in [0.5, 0.6) is 5.75 Å². The molecular weight excluding hydrogens is 353 g/mol. The number of rotatable bonds is 4. The molecule has 0 N–H and O–H groups in total. The van der Waals surface area contributed by atoms with Gasteiger partial charge in [0.1, 0.15) is 12.0 Å². The summed E-state index contributed by atoms with van der Waals surface area (Å²) in [7, 11) is 1.47. The fourth-order valence-corrected chi connectivity index (χ4v) is 2.92. The zero-order chi connectivity index (χ0) is 17.4. The molecule has 0 atom stereocenters. The van der Waals surface area contributed by atoms with Crippen LogP contribution in [0.2, 0.25) is 10.0 Å². The summed E-state index contributed by atoms with van der Waals surface area (Å²) >= 11 is 11.9. The van der Waals surface area contributed by atoms with E-state index in [-0.39, 0.29) is 27.7 Å². The second-order valence-electron chi connectivity index (χ2n) is 5.20. The number of carbonyl (C=O) groups is 3. The standard InChI is InChI=1S/C17H11Cl2NO4/c1-24-15-3-2-9(8-21)4-10(15)7-20-16(22)11-5-13(18)14(19)6-12(11)17(20)23/h2-6,8H,7H2,1H3. The molecule has 1 aliphatic heterocycles. The predicted octanol–water partition coefficient (Wildman–Crippen LogP) is 3.61. The molecule has 122 valence electrons. The number of fused-ring (bicyclic) bond motifs is 1. The molecule has 1 heterocycles. The van der Waals surface area contributed by atoms with Crippen LogP contribution >= 0.6 is 23.2 Å². The van der Waals surface area contributed by atoms with E-state index in [1.807, 2.05) is 0 Å². The number of amides is 2. The smallest absolute Gasteiger partial charge is 0.261 e. The van der Waals surface area contributed by atoms with Gasteiger partial charge in [0.15, 0.2) is 0 Å². The average Bonchev–Trinajstić information content (AvgIpc) is 2.80. The van der Waals surface area contributed by atoms with Crippen molar-refractivity contribution in [2.75, 3.05) is 7.11 Å². The molecule has 0 saturated carbocycles. The Hall–Kier alpha value is -2.37. The van der Waals surface area contributed by atoms with Gasteiger partial charge in [-0.1, -0.05) is 23.2 Å². The number of imide groups is 1. The fraction of sp³-hybridized carbons (Fsp3) is 0.118. The summed E-state index contributed by atoms with van der Waals surface area (Å²) in [6.45, 7) is -0.0214. The third-order valence-electron chi connectivity index (χ3n) is 3.78. The Bertz CT molecular complexity index is 838. The van der Waals surface area contributed by atoms with E-state index in [9.17, 15) is 14.4 Å².